The quantitative estimate of drug-likeness (QED) is 0.863. The molecule has 0 spiro atoms. The average Bonchev–Trinajstić information content (AvgIpc) is 2.68. The Labute approximate surface area is 92.1 Å². The highest BCUT2D eigenvalue weighted by Crippen LogP contribution is 2.25. The van der Waals surface area contributed by atoms with Crippen molar-refractivity contribution in [1.29, 1.82) is 0 Å². The van der Waals surface area contributed by atoms with Crippen LogP contribution in [0.1, 0.15) is 5.89 Å². The van der Waals surface area contributed by atoms with Gasteiger partial charge < -0.3 is 10.2 Å². The smallest absolute Gasteiger partial charge is 0.249 e. The summed E-state index contributed by atoms with van der Waals surface area (Å²) < 4.78 is 5.40. The van der Waals surface area contributed by atoms with Crippen molar-refractivity contribution in [2.75, 3.05) is 6.54 Å². The predicted molar refractivity (Wildman–Crippen MR) is 57.5 cm³/mol. The molecule has 2 aromatic rings. The van der Waals surface area contributed by atoms with Gasteiger partial charge in [0.25, 0.3) is 0 Å². The lowest BCUT2D eigenvalue weighted by Gasteiger charge is -1.96. The standard InChI is InChI=1S/C10H10ClN3O/c11-8-4-2-1-3-7(8)10-14-13-9(15-10)5-6-12/h1-4H,5-6,12H2. The van der Waals surface area contributed by atoms with Crippen LogP contribution in [-0.4, -0.2) is 16.7 Å². The van der Waals surface area contributed by atoms with E-state index in [-0.39, 0.29) is 0 Å². The first-order valence-electron chi connectivity index (χ1n) is 4.58. The molecular formula is C10H10ClN3O. The second-order valence-corrected chi connectivity index (χ2v) is 3.43. The molecule has 0 aliphatic carbocycles. The van der Waals surface area contributed by atoms with Crippen LogP contribution < -0.4 is 5.73 Å². The van der Waals surface area contributed by atoms with Gasteiger partial charge in [-0.05, 0) is 12.1 Å². The summed E-state index contributed by atoms with van der Waals surface area (Å²) >= 11 is 5.99. The topological polar surface area (TPSA) is 64.9 Å². The summed E-state index contributed by atoms with van der Waals surface area (Å²) in [4.78, 5) is 0. The van der Waals surface area contributed by atoms with Crippen LogP contribution in [0.4, 0.5) is 0 Å². The van der Waals surface area contributed by atoms with E-state index in [1.165, 1.54) is 0 Å². The first-order valence-corrected chi connectivity index (χ1v) is 4.96. The highest BCUT2D eigenvalue weighted by Gasteiger charge is 2.10. The average molecular weight is 224 g/mol. The zero-order valence-electron chi connectivity index (χ0n) is 7.98. The van der Waals surface area contributed by atoms with Crippen LogP contribution in [0.25, 0.3) is 11.5 Å². The fourth-order valence-electron chi connectivity index (χ4n) is 1.22. The molecule has 0 amide bonds. The normalized spacial score (nSPS) is 10.5. The van der Waals surface area contributed by atoms with Crippen molar-refractivity contribution in [2.24, 2.45) is 5.73 Å². The van der Waals surface area contributed by atoms with Crippen LogP contribution >= 0.6 is 11.6 Å². The van der Waals surface area contributed by atoms with E-state index in [9.17, 15) is 0 Å². The molecule has 1 heterocycles. The van der Waals surface area contributed by atoms with Crippen LogP contribution in [-0.2, 0) is 6.42 Å². The molecule has 0 fully saturated rings. The zero-order chi connectivity index (χ0) is 10.7. The Hall–Kier alpha value is -1.39. The van der Waals surface area contributed by atoms with Crippen molar-refractivity contribution in [3.63, 3.8) is 0 Å². The van der Waals surface area contributed by atoms with Gasteiger partial charge in [-0.15, -0.1) is 10.2 Å². The third-order valence-corrected chi connectivity index (χ3v) is 2.26. The van der Waals surface area contributed by atoms with Gasteiger partial charge in [0.15, 0.2) is 0 Å². The van der Waals surface area contributed by atoms with Crippen LogP contribution in [0.5, 0.6) is 0 Å². The fourth-order valence-corrected chi connectivity index (χ4v) is 1.44. The van der Waals surface area contributed by atoms with E-state index >= 15 is 0 Å². The Kier molecular flexibility index (Phi) is 2.99. The third-order valence-electron chi connectivity index (χ3n) is 1.93. The molecule has 78 valence electrons. The van der Waals surface area contributed by atoms with Gasteiger partial charge in [0.05, 0.1) is 10.6 Å². The van der Waals surface area contributed by atoms with E-state index in [4.69, 9.17) is 21.8 Å². The van der Waals surface area contributed by atoms with Gasteiger partial charge in [-0.1, -0.05) is 23.7 Å². The largest absolute Gasteiger partial charge is 0.421 e. The van der Waals surface area contributed by atoms with Gasteiger partial charge in [0.2, 0.25) is 11.8 Å². The molecule has 0 aliphatic heterocycles. The maximum Gasteiger partial charge on any atom is 0.249 e. The lowest BCUT2D eigenvalue weighted by atomic mass is 10.2. The van der Waals surface area contributed by atoms with E-state index in [0.29, 0.717) is 29.8 Å². The van der Waals surface area contributed by atoms with Gasteiger partial charge in [0.1, 0.15) is 0 Å². The maximum absolute atomic E-state index is 5.99. The number of rotatable bonds is 3. The monoisotopic (exact) mass is 223 g/mol. The Morgan fingerprint density at radius 1 is 1.27 bits per heavy atom. The molecule has 15 heavy (non-hydrogen) atoms. The predicted octanol–water partition coefficient (Wildman–Crippen LogP) is 1.89. The zero-order valence-corrected chi connectivity index (χ0v) is 8.74. The lowest BCUT2D eigenvalue weighted by Crippen LogP contribution is -2.02. The molecule has 1 aromatic carbocycles. The number of halogens is 1. The van der Waals surface area contributed by atoms with Gasteiger partial charge in [-0.2, -0.15) is 0 Å². The van der Waals surface area contributed by atoms with E-state index in [0.717, 1.165) is 5.56 Å². The number of aromatic nitrogens is 2. The van der Waals surface area contributed by atoms with Crippen molar-refractivity contribution in [3.05, 3.63) is 35.2 Å². The number of nitrogens with zero attached hydrogens (tertiary/aromatic N) is 2. The van der Waals surface area contributed by atoms with Crippen molar-refractivity contribution >= 4 is 11.6 Å². The summed E-state index contributed by atoms with van der Waals surface area (Å²) in [7, 11) is 0. The molecular weight excluding hydrogens is 214 g/mol. The lowest BCUT2D eigenvalue weighted by molar-refractivity contribution is 0.507. The minimum Gasteiger partial charge on any atom is -0.421 e. The molecule has 0 radical (unpaired) electrons. The van der Waals surface area contributed by atoms with Crippen LogP contribution in [0.15, 0.2) is 28.7 Å². The summed E-state index contributed by atoms with van der Waals surface area (Å²) in [5.41, 5.74) is 6.13. The number of hydrogen-bond donors (Lipinski definition) is 1. The Bertz CT molecular complexity index is 455. The summed E-state index contributed by atoms with van der Waals surface area (Å²) in [5, 5.41) is 8.37. The van der Waals surface area contributed by atoms with Gasteiger partial charge in [0, 0.05) is 13.0 Å². The van der Waals surface area contributed by atoms with Crippen LogP contribution in [0.3, 0.4) is 0 Å². The number of nitrogens with two attached hydrogens (primary N) is 1. The van der Waals surface area contributed by atoms with Crippen molar-refractivity contribution in [2.45, 2.75) is 6.42 Å². The van der Waals surface area contributed by atoms with Crippen molar-refractivity contribution in [1.82, 2.24) is 10.2 Å². The molecule has 0 atom stereocenters. The van der Waals surface area contributed by atoms with Gasteiger partial charge >= 0.3 is 0 Å². The first kappa shape index (κ1) is 10.1. The number of benzene rings is 1. The molecule has 0 bridgehead atoms. The van der Waals surface area contributed by atoms with Crippen LogP contribution in [0, 0.1) is 0 Å². The SMILES string of the molecule is NCCc1nnc(-c2ccccc2Cl)o1. The number of hydrogen-bond acceptors (Lipinski definition) is 4. The summed E-state index contributed by atoms with van der Waals surface area (Å²) in [5.74, 6) is 0.969. The summed E-state index contributed by atoms with van der Waals surface area (Å²) in [6, 6.07) is 7.34. The Morgan fingerprint density at radius 3 is 2.80 bits per heavy atom. The minimum atomic E-state index is 0.434. The Balaban J connectivity index is 2.33. The van der Waals surface area contributed by atoms with E-state index in [1.54, 1.807) is 6.07 Å². The molecule has 0 aliphatic rings. The third kappa shape index (κ3) is 2.16. The fraction of sp³-hybridized carbons (Fsp3) is 0.200. The second kappa shape index (κ2) is 4.42. The molecule has 0 saturated carbocycles. The molecule has 0 saturated heterocycles. The van der Waals surface area contributed by atoms with Gasteiger partial charge in [-0.25, -0.2) is 0 Å². The second-order valence-electron chi connectivity index (χ2n) is 3.02. The van der Waals surface area contributed by atoms with E-state index in [1.807, 2.05) is 18.2 Å². The molecule has 5 heteroatoms. The highest BCUT2D eigenvalue weighted by molar-refractivity contribution is 6.33. The molecule has 4 nitrogen and oxygen atoms in total. The summed E-state index contributed by atoms with van der Waals surface area (Å²) in [6.45, 7) is 0.490. The van der Waals surface area contributed by atoms with Crippen molar-refractivity contribution in [3.8, 4) is 11.5 Å². The highest BCUT2D eigenvalue weighted by atomic mass is 35.5. The van der Waals surface area contributed by atoms with Gasteiger partial charge in [-0.3, -0.25) is 0 Å². The summed E-state index contributed by atoms with van der Waals surface area (Å²) in [6.07, 6.45) is 0.581. The molecule has 0 unspecified atom stereocenters. The van der Waals surface area contributed by atoms with E-state index in [2.05, 4.69) is 10.2 Å². The molecule has 2 rings (SSSR count). The first-order chi connectivity index (χ1) is 7.31. The van der Waals surface area contributed by atoms with Crippen LogP contribution in [0.2, 0.25) is 5.02 Å². The molecule has 1 aromatic heterocycles. The maximum atomic E-state index is 5.99. The minimum absolute atomic E-state index is 0.434. The molecule has 2 N–H and O–H groups in total. The Morgan fingerprint density at radius 2 is 2.07 bits per heavy atom. The van der Waals surface area contributed by atoms with E-state index < -0.39 is 0 Å². The van der Waals surface area contributed by atoms with Crippen molar-refractivity contribution < 1.29 is 4.42 Å².